The van der Waals surface area contributed by atoms with Gasteiger partial charge in [0, 0.05) is 21.1 Å². The van der Waals surface area contributed by atoms with Crippen molar-refractivity contribution in [1.82, 2.24) is 20.1 Å². The Kier molecular flexibility index (Phi) is 6.68. The summed E-state index contributed by atoms with van der Waals surface area (Å²) in [6.45, 7) is 1.40. The van der Waals surface area contributed by atoms with E-state index in [-0.39, 0.29) is 18.9 Å². The summed E-state index contributed by atoms with van der Waals surface area (Å²) in [6, 6.07) is 11.6. The molecular weight excluding hydrogens is 429 g/mol. The molecule has 1 N–H and O–H groups in total. The highest BCUT2D eigenvalue weighted by atomic mass is 35.5. The molecule has 1 aromatic heterocycles. The first-order valence-corrected chi connectivity index (χ1v) is 9.45. The Labute approximate surface area is 181 Å². The van der Waals surface area contributed by atoms with Crippen LogP contribution in [0.4, 0.5) is 0 Å². The fraction of sp³-hybridized carbons (Fsp3) is 0.158. The van der Waals surface area contributed by atoms with Crippen molar-refractivity contribution in [3.8, 4) is 5.69 Å². The molecular formula is C19H15Cl2N7O2. The minimum Gasteiger partial charge on any atom is -0.349 e. The minimum absolute atomic E-state index is 0.0168. The van der Waals surface area contributed by atoms with Crippen LogP contribution in [0.1, 0.15) is 27.6 Å². The SMILES string of the molecule is Cc1nnc(CNC(=O)CN=[N+]=[N-])n1-c1ccc(Cl)cc1C(=O)c1ccccc1Cl. The second kappa shape index (κ2) is 9.41. The van der Waals surface area contributed by atoms with Crippen molar-refractivity contribution in [3.05, 3.63) is 85.7 Å². The molecule has 0 unspecified atom stereocenters. The van der Waals surface area contributed by atoms with Gasteiger partial charge in [-0.05, 0) is 42.8 Å². The number of nitrogens with zero attached hydrogens (tertiary/aromatic N) is 6. The second-order valence-electron chi connectivity index (χ2n) is 6.14. The molecule has 0 spiro atoms. The molecule has 0 aliphatic carbocycles. The maximum absolute atomic E-state index is 13.2. The quantitative estimate of drug-likeness (QED) is 0.255. The zero-order chi connectivity index (χ0) is 21.7. The maximum atomic E-state index is 13.2. The van der Waals surface area contributed by atoms with Crippen LogP contribution in [0.2, 0.25) is 10.0 Å². The summed E-state index contributed by atoms with van der Waals surface area (Å²) >= 11 is 12.4. The third-order valence-corrected chi connectivity index (χ3v) is 4.74. The fourth-order valence-corrected chi connectivity index (χ4v) is 3.23. The molecule has 0 saturated heterocycles. The summed E-state index contributed by atoms with van der Waals surface area (Å²) in [6.07, 6.45) is 0. The van der Waals surface area contributed by atoms with Crippen molar-refractivity contribution >= 4 is 34.9 Å². The molecule has 1 amide bonds. The number of hydrogen-bond acceptors (Lipinski definition) is 5. The standard InChI is InChI=1S/C19H15Cl2N7O2/c1-11-25-26-17(9-23-18(29)10-24-27-22)28(11)16-7-6-12(20)8-14(16)19(30)13-4-2-3-5-15(13)21/h2-8H,9-10H2,1H3,(H,23,29). The van der Waals surface area contributed by atoms with E-state index in [9.17, 15) is 9.59 Å². The molecule has 0 aliphatic rings. The highest BCUT2D eigenvalue weighted by Crippen LogP contribution is 2.27. The van der Waals surface area contributed by atoms with Gasteiger partial charge in [0.1, 0.15) is 12.4 Å². The lowest BCUT2D eigenvalue weighted by Gasteiger charge is -2.14. The first kappa shape index (κ1) is 21.3. The fourth-order valence-electron chi connectivity index (χ4n) is 2.84. The van der Waals surface area contributed by atoms with Crippen molar-refractivity contribution < 1.29 is 9.59 Å². The van der Waals surface area contributed by atoms with Crippen LogP contribution in [-0.2, 0) is 11.3 Å². The number of hydrogen-bond donors (Lipinski definition) is 1. The summed E-state index contributed by atoms with van der Waals surface area (Å²) in [5, 5.41) is 14.6. The van der Waals surface area contributed by atoms with E-state index >= 15 is 0 Å². The molecule has 3 rings (SSSR count). The Morgan fingerprint density at radius 2 is 1.93 bits per heavy atom. The van der Waals surface area contributed by atoms with Crippen LogP contribution < -0.4 is 5.32 Å². The predicted molar refractivity (Wildman–Crippen MR) is 112 cm³/mol. The monoisotopic (exact) mass is 443 g/mol. The molecule has 9 nitrogen and oxygen atoms in total. The highest BCUT2D eigenvalue weighted by molar-refractivity contribution is 6.35. The summed E-state index contributed by atoms with van der Waals surface area (Å²) in [4.78, 5) is 27.5. The lowest BCUT2D eigenvalue weighted by molar-refractivity contribution is -0.119. The lowest BCUT2D eigenvalue weighted by Crippen LogP contribution is -2.26. The number of rotatable bonds is 7. The van der Waals surface area contributed by atoms with Gasteiger partial charge < -0.3 is 5.32 Å². The van der Waals surface area contributed by atoms with Gasteiger partial charge in [-0.2, -0.15) is 0 Å². The van der Waals surface area contributed by atoms with Gasteiger partial charge in [0.05, 0.1) is 17.3 Å². The third-order valence-electron chi connectivity index (χ3n) is 4.18. The zero-order valence-electron chi connectivity index (χ0n) is 15.7. The van der Waals surface area contributed by atoms with Crippen molar-refractivity contribution in [2.45, 2.75) is 13.5 Å². The Bertz CT molecular complexity index is 1170. The molecule has 0 atom stereocenters. The minimum atomic E-state index is -0.469. The molecule has 0 fully saturated rings. The number of amides is 1. The highest BCUT2D eigenvalue weighted by Gasteiger charge is 2.21. The van der Waals surface area contributed by atoms with Gasteiger partial charge in [-0.3, -0.25) is 14.2 Å². The predicted octanol–water partition coefficient (Wildman–Crippen LogP) is 4.04. The average Bonchev–Trinajstić information content (AvgIpc) is 3.10. The molecule has 1 heterocycles. The summed E-state index contributed by atoms with van der Waals surface area (Å²) < 4.78 is 1.65. The van der Waals surface area contributed by atoms with Gasteiger partial charge in [0.15, 0.2) is 11.6 Å². The zero-order valence-corrected chi connectivity index (χ0v) is 17.2. The van der Waals surface area contributed by atoms with Crippen molar-refractivity contribution in [1.29, 1.82) is 0 Å². The van der Waals surface area contributed by atoms with Crippen LogP contribution in [0.3, 0.4) is 0 Å². The molecule has 152 valence electrons. The van der Waals surface area contributed by atoms with Crippen LogP contribution in [0.5, 0.6) is 0 Å². The van der Waals surface area contributed by atoms with Crippen LogP contribution in [-0.4, -0.2) is 33.0 Å². The van der Waals surface area contributed by atoms with E-state index in [0.29, 0.717) is 38.5 Å². The van der Waals surface area contributed by atoms with Gasteiger partial charge in [-0.15, -0.1) is 10.2 Å². The van der Waals surface area contributed by atoms with Gasteiger partial charge in [-0.25, -0.2) is 0 Å². The normalized spacial score (nSPS) is 10.4. The molecule has 3 aromatic rings. The van der Waals surface area contributed by atoms with E-state index in [1.165, 1.54) is 0 Å². The molecule has 30 heavy (non-hydrogen) atoms. The number of aromatic nitrogens is 3. The molecule has 2 aromatic carbocycles. The Hall–Kier alpha value is -3.39. The molecule has 0 aliphatic heterocycles. The van der Waals surface area contributed by atoms with Gasteiger partial charge in [0.2, 0.25) is 5.91 Å². The van der Waals surface area contributed by atoms with E-state index in [2.05, 4.69) is 25.5 Å². The number of carbonyl (C=O) groups is 2. The average molecular weight is 444 g/mol. The van der Waals surface area contributed by atoms with Crippen LogP contribution in [0.15, 0.2) is 47.6 Å². The third kappa shape index (κ3) is 4.60. The van der Waals surface area contributed by atoms with Crippen molar-refractivity contribution in [3.63, 3.8) is 0 Å². The lowest BCUT2D eigenvalue weighted by atomic mass is 10.0. The number of halogens is 2. The van der Waals surface area contributed by atoms with Crippen molar-refractivity contribution in [2.75, 3.05) is 6.54 Å². The maximum Gasteiger partial charge on any atom is 0.226 e. The Balaban J connectivity index is 2.02. The largest absolute Gasteiger partial charge is 0.349 e. The first-order chi connectivity index (χ1) is 14.4. The summed E-state index contributed by atoms with van der Waals surface area (Å²) in [5.41, 5.74) is 9.44. The number of nitrogens with one attached hydrogen (secondary N) is 1. The Morgan fingerprint density at radius 1 is 1.17 bits per heavy atom. The second-order valence-corrected chi connectivity index (χ2v) is 6.98. The summed E-state index contributed by atoms with van der Waals surface area (Å²) in [5.74, 6) is 0.107. The van der Waals surface area contributed by atoms with Gasteiger partial charge >= 0.3 is 0 Å². The van der Waals surface area contributed by atoms with Crippen LogP contribution in [0, 0.1) is 6.92 Å². The van der Waals surface area contributed by atoms with Crippen molar-refractivity contribution in [2.24, 2.45) is 5.11 Å². The van der Waals surface area contributed by atoms with E-state index in [0.717, 1.165) is 0 Å². The first-order valence-electron chi connectivity index (χ1n) is 8.70. The molecule has 0 bridgehead atoms. The van der Waals surface area contributed by atoms with E-state index < -0.39 is 5.91 Å². The number of aryl methyl sites for hydroxylation is 1. The Morgan fingerprint density at radius 3 is 2.67 bits per heavy atom. The van der Waals surface area contributed by atoms with Crippen LogP contribution in [0.25, 0.3) is 16.1 Å². The topological polar surface area (TPSA) is 126 Å². The number of azide groups is 1. The molecule has 0 radical (unpaired) electrons. The molecule has 0 saturated carbocycles. The van der Waals surface area contributed by atoms with Crippen LogP contribution >= 0.6 is 23.2 Å². The van der Waals surface area contributed by atoms with E-state index in [1.807, 2.05) is 0 Å². The number of carbonyl (C=O) groups excluding carboxylic acids is 2. The molecule has 11 heteroatoms. The van der Waals surface area contributed by atoms with Gasteiger partial charge in [0.25, 0.3) is 0 Å². The van der Waals surface area contributed by atoms with Gasteiger partial charge in [-0.1, -0.05) is 40.4 Å². The summed E-state index contributed by atoms with van der Waals surface area (Å²) in [7, 11) is 0. The van der Waals surface area contributed by atoms with E-state index in [4.69, 9.17) is 28.7 Å². The smallest absolute Gasteiger partial charge is 0.226 e. The number of benzene rings is 2. The number of ketones is 1. The van der Waals surface area contributed by atoms with E-state index in [1.54, 1.807) is 54.0 Å².